The largest absolute Gasteiger partial charge is 0.493 e. The van der Waals surface area contributed by atoms with Gasteiger partial charge in [-0.3, -0.25) is 0 Å². The van der Waals surface area contributed by atoms with E-state index in [0.29, 0.717) is 63.4 Å². The van der Waals surface area contributed by atoms with Gasteiger partial charge in [0.2, 0.25) is 0 Å². The van der Waals surface area contributed by atoms with Crippen LogP contribution in [-0.4, -0.2) is 61.5 Å². The molecule has 14 heteroatoms. The van der Waals surface area contributed by atoms with Crippen LogP contribution >= 0.6 is 0 Å². The first-order chi connectivity index (χ1) is 24.2. The molecule has 278 valence electrons. The highest BCUT2D eigenvalue weighted by Crippen LogP contribution is 2.51. The lowest BCUT2D eigenvalue weighted by Gasteiger charge is -2.42. The lowest BCUT2D eigenvalue weighted by atomic mass is 9.87. The molecule has 1 saturated heterocycles. The third-order valence-electron chi connectivity index (χ3n) is 9.16. The lowest BCUT2D eigenvalue weighted by molar-refractivity contribution is -0.376. The van der Waals surface area contributed by atoms with Crippen molar-refractivity contribution in [3.63, 3.8) is 0 Å². The quantitative estimate of drug-likeness (QED) is 0.130. The van der Waals surface area contributed by atoms with Crippen LogP contribution in [0.2, 0.25) is 0 Å². The third kappa shape index (κ3) is 8.17. The molecule has 51 heavy (non-hydrogen) atoms. The van der Waals surface area contributed by atoms with Gasteiger partial charge in [-0.2, -0.15) is 26.3 Å². The number of rotatable bonds is 14. The number of amides is 2. The number of carbonyl (C=O) groups excluding carboxylic acids is 1. The summed E-state index contributed by atoms with van der Waals surface area (Å²) in [5.74, 6) is 1.39. The number of nitrogens with one attached hydrogen (secondary N) is 1. The standard InChI is InChI=1S/C37H42F6N2O6/c1-3-10-26-21-29(35(47,36(38,39)40)37(41,42)43)22-27(14-13-25-11-6-5-7-12-25)32(26)50-18-9-8-17-45-24-51-34(4-2,44-33(45)46)28-15-16-30-31(23-28)49-20-19-48-30/h5-7,11-12,15-16,21-23,47H,3-4,8-10,13-14,17-20,24H2,1-2H3,(H,44,46). The van der Waals surface area contributed by atoms with Crippen LogP contribution in [0, 0.1) is 0 Å². The van der Waals surface area contributed by atoms with E-state index in [-0.39, 0.29) is 49.1 Å². The molecule has 0 spiro atoms. The summed E-state index contributed by atoms with van der Waals surface area (Å²) < 4.78 is 107. The first-order valence-corrected chi connectivity index (χ1v) is 17.0. The second-order valence-electron chi connectivity index (χ2n) is 12.6. The zero-order valence-electron chi connectivity index (χ0n) is 28.5. The van der Waals surface area contributed by atoms with Gasteiger partial charge in [0.25, 0.3) is 5.60 Å². The van der Waals surface area contributed by atoms with Crippen LogP contribution in [0.4, 0.5) is 31.1 Å². The predicted molar refractivity (Wildman–Crippen MR) is 176 cm³/mol. The van der Waals surface area contributed by atoms with Crippen molar-refractivity contribution in [2.24, 2.45) is 0 Å². The maximum atomic E-state index is 13.9. The number of hydrogen-bond acceptors (Lipinski definition) is 6. The summed E-state index contributed by atoms with van der Waals surface area (Å²) in [5, 5.41) is 13.2. The van der Waals surface area contributed by atoms with Crippen LogP contribution in [-0.2, 0) is 35.3 Å². The molecular formula is C37H42F6N2O6. The Hall–Kier alpha value is -4.17. The number of carbonyl (C=O) groups is 1. The number of benzene rings is 3. The van der Waals surface area contributed by atoms with Gasteiger partial charge in [0.15, 0.2) is 17.2 Å². The van der Waals surface area contributed by atoms with E-state index < -0.39 is 29.2 Å². The molecule has 2 heterocycles. The maximum Gasteiger partial charge on any atom is 0.430 e. The van der Waals surface area contributed by atoms with E-state index in [2.05, 4.69) is 5.32 Å². The number of ether oxygens (including phenoxy) is 4. The highest BCUT2D eigenvalue weighted by atomic mass is 19.4. The molecule has 0 aliphatic carbocycles. The van der Waals surface area contributed by atoms with Crippen LogP contribution in [0.25, 0.3) is 0 Å². The minimum absolute atomic E-state index is 0.0159. The lowest BCUT2D eigenvalue weighted by Crippen LogP contribution is -2.59. The van der Waals surface area contributed by atoms with Crippen molar-refractivity contribution in [1.29, 1.82) is 0 Å². The Balaban J connectivity index is 1.27. The molecule has 0 radical (unpaired) electrons. The second-order valence-corrected chi connectivity index (χ2v) is 12.6. The molecule has 2 amide bonds. The molecule has 0 saturated carbocycles. The summed E-state index contributed by atoms with van der Waals surface area (Å²) in [6, 6.07) is 15.6. The van der Waals surface area contributed by atoms with E-state index in [9.17, 15) is 36.2 Å². The van der Waals surface area contributed by atoms with E-state index in [0.717, 1.165) is 23.3 Å². The van der Waals surface area contributed by atoms with Crippen molar-refractivity contribution < 1.29 is 55.2 Å². The fourth-order valence-corrected chi connectivity index (χ4v) is 6.33. The molecule has 0 bridgehead atoms. The smallest absolute Gasteiger partial charge is 0.430 e. The minimum Gasteiger partial charge on any atom is -0.493 e. The Labute approximate surface area is 292 Å². The second kappa shape index (κ2) is 15.6. The Morgan fingerprint density at radius 2 is 1.53 bits per heavy atom. The SMILES string of the molecule is CCCc1cc(C(O)(C(F)(F)F)C(F)(F)F)cc(CCc2ccccc2)c1OCCCCN1COC(CC)(c2ccc3c(c2)OCCO3)NC1=O. The fourth-order valence-electron chi connectivity index (χ4n) is 6.33. The number of alkyl halides is 6. The normalized spacial score (nSPS) is 18.1. The van der Waals surface area contributed by atoms with Crippen LogP contribution in [0.15, 0.2) is 60.7 Å². The Morgan fingerprint density at radius 1 is 0.863 bits per heavy atom. The molecule has 1 fully saturated rings. The molecule has 2 aliphatic heterocycles. The first kappa shape index (κ1) is 38.1. The number of unbranched alkanes of at least 4 members (excludes halogenated alkanes) is 1. The number of aryl methyl sites for hydroxylation is 3. The van der Waals surface area contributed by atoms with Crippen molar-refractivity contribution in [3.05, 3.63) is 88.5 Å². The van der Waals surface area contributed by atoms with Gasteiger partial charge in [-0.25, -0.2) is 4.79 Å². The number of halogens is 6. The van der Waals surface area contributed by atoms with Gasteiger partial charge in [0.05, 0.1) is 6.61 Å². The number of hydrogen-bond donors (Lipinski definition) is 2. The summed E-state index contributed by atoms with van der Waals surface area (Å²) in [6.45, 7) is 4.92. The van der Waals surface area contributed by atoms with Gasteiger partial charge in [-0.05, 0) is 79.5 Å². The number of urea groups is 1. The molecular weight excluding hydrogens is 682 g/mol. The van der Waals surface area contributed by atoms with Crippen LogP contribution < -0.4 is 19.5 Å². The van der Waals surface area contributed by atoms with E-state index in [1.54, 1.807) is 49.4 Å². The highest BCUT2D eigenvalue weighted by molar-refractivity contribution is 5.75. The van der Waals surface area contributed by atoms with Gasteiger partial charge >= 0.3 is 18.4 Å². The Kier molecular flexibility index (Phi) is 11.6. The number of nitrogens with zero attached hydrogens (tertiary/aromatic N) is 1. The first-order valence-electron chi connectivity index (χ1n) is 17.0. The number of aliphatic hydroxyl groups is 1. The van der Waals surface area contributed by atoms with Crippen molar-refractivity contribution in [3.8, 4) is 17.2 Å². The van der Waals surface area contributed by atoms with Crippen molar-refractivity contribution in [2.45, 2.75) is 82.5 Å². The molecule has 8 nitrogen and oxygen atoms in total. The fraction of sp³-hybridized carbons (Fsp3) is 0.486. The number of fused-ring (bicyclic) bond motifs is 1. The maximum absolute atomic E-state index is 13.9. The molecule has 1 unspecified atom stereocenters. The van der Waals surface area contributed by atoms with Gasteiger partial charge in [0.1, 0.15) is 25.7 Å². The van der Waals surface area contributed by atoms with Crippen LogP contribution in [0.1, 0.15) is 67.3 Å². The molecule has 2 N–H and O–H groups in total. The van der Waals surface area contributed by atoms with Crippen LogP contribution in [0.3, 0.4) is 0 Å². The Morgan fingerprint density at radius 3 is 2.16 bits per heavy atom. The summed E-state index contributed by atoms with van der Waals surface area (Å²) in [4.78, 5) is 14.7. The summed E-state index contributed by atoms with van der Waals surface area (Å²) in [5.41, 5.74) is -5.59. The van der Waals surface area contributed by atoms with Crippen LogP contribution in [0.5, 0.6) is 17.2 Å². The van der Waals surface area contributed by atoms with Gasteiger partial charge in [-0.1, -0.05) is 56.7 Å². The molecule has 3 aromatic carbocycles. The zero-order chi connectivity index (χ0) is 36.9. The molecule has 1 atom stereocenters. The van der Waals surface area contributed by atoms with Crippen molar-refractivity contribution in [1.82, 2.24) is 10.2 Å². The topological polar surface area (TPSA) is 89.5 Å². The minimum atomic E-state index is -6.01. The zero-order valence-corrected chi connectivity index (χ0v) is 28.5. The molecule has 3 aromatic rings. The van der Waals surface area contributed by atoms with E-state index in [1.165, 1.54) is 4.90 Å². The molecule has 0 aromatic heterocycles. The molecule has 5 rings (SSSR count). The third-order valence-corrected chi connectivity index (χ3v) is 9.16. The van der Waals surface area contributed by atoms with Gasteiger partial charge in [-0.15, -0.1) is 0 Å². The van der Waals surface area contributed by atoms with E-state index in [1.807, 2.05) is 13.0 Å². The van der Waals surface area contributed by atoms with Crippen molar-refractivity contribution in [2.75, 3.05) is 33.1 Å². The average Bonchev–Trinajstić information content (AvgIpc) is 3.10. The summed E-state index contributed by atoms with van der Waals surface area (Å²) in [7, 11) is 0. The summed E-state index contributed by atoms with van der Waals surface area (Å²) in [6.07, 6.45) is -9.76. The molecule has 2 aliphatic rings. The summed E-state index contributed by atoms with van der Waals surface area (Å²) >= 11 is 0. The van der Waals surface area contributed by atoms with Gasteiger partial charge < -0.3 is 34.3 Å². The van der Waals surface area contributed by atoms with Gasteiger partial charge in [0, 0.05) is 17.7 Å². The monoisotopic (exact) mass is 724 g/mol. The van der Waals surface area contributed by atoms with E-state index >= 15 is 0 Å². The predicted octanol–water partition coefficient (Wildman–Crippen LogP) is 7.93. The Bertz CT molecular complexity index is 1640. The van der Waals surface area contributed by atoms with Crippen molar-refractivity contribution >= 4 is 6.03 Å². The van der Waals surface area contributed by atoms with E-state index in [4.69, 9.17) is 18.9 Å². The highest BCUT2D eigenvalue weighted by Gasteiger charge is 2.71. The average molecular weight is 725 g/mol.